The van der Waals surface area contributed by atoms with Crippen molar-refractivity contribution in [2.45, 2.75) is 17.6 Å². The van der Waals surface area contributed by atoms with Gasteiger partial charge in [-0.1, -0.05) is 29.4 Å². The van der Waals surface area contributed by atoms with Gasteiger partial charge < -0.3 is 9.64 Å². The number of morpholine rings is 1. The third-order valence-electron chi connectivity index (χ3n) is 5.20. The molecule has 0 bridgehead atoms. The predicted octanol–water partition coefficient (Wildman–Crippen LogP) is 2.13. The van der Waals surface area contributed by atoms with Crippen molar-refractivity contribution >= 4 is 40.3 Å². The van der Waals surface area contributed by atoms with E-state index in [1.807, 2.05) is 12.1 Å². The van der Waals surface area contributed by atoms with Crippen LogP contribution in [0.5, 0.6) is 0 Å². The van der Waals surface area contributed by atoms with Crippen LogP contribution in [0.25, 0.3) is 16.7 Å². The zero-order chi connectivity index (χ0) is 20.0. The van der Waals surface area contributed by atoms with Crippen LogP contribution < -0.4 is 5.56 Å². The number of hydrogen-bond acceptors (Lipinski definition) is 6. The number of benzene rings is 1. The first-order valence-electron chi connectivity index (χ1n) is 9.36. The number of nitrogens with zero attached hydrogens (tertiary/aromatic N) is 5. The molecule has 150 valence electrons. The number of fused-ring (bicyclic) bond motifs is 2. The number of aromatic nitrogens is 4. The Hall–Kier alpha value is -2.36. The van der Waals surface area contributed by atoms with E-state index in [-0.39, 0.29) is 23.9 Å². The number of rotatable bonds is 3. The molecular weight excluding hydrogens is 414 g/mol. The standard InChI is InChI=1S/C19H18ClN5O3S/c20-12-2-1-3-13(8-12)25-17-15(10-21-25)18(27)24-14(11-29-19(24)22-17)9-16(26)23-4-6-28-7-5-23/h1-3,8,10,14H,4-7,9,11H2/t14-/m0/s1. The lowest BCUT2D eigenvalue weighted by molar-refractivity contribution is -0.135. The Labute approximate surface area is 175 Å². The SMILES string of the molecule is O=C(C[C@H]1CSc2nc3c(cnn3-c3cccc(Cl)c3)c(=O)n21)N1CCOCC1. The van der Waals surface area contributed by atoms with E-state index in [0.29, 0.717) is 53.3 Å². The van der Waals surface area contributed by atoms with E-state index in [4.69, 9.17) is 21.3 Å². The topological polar surface area (TPSA) is 82.2 Å². The monoisotopic (exact) mass is 431 g/mol. The normalized spacial score (nSPS) is 18.9. The van der Waals surface area contributed by atoms with Crippen molar-refractivity contribution in [3.8, 4) is 5.69 Å². The van der Waals surface area contributed by atoms with Crippen LogP contribution in [0.2, 0.25) is 5.02 Å². The highest BCUT2D eigenvalue weighted by Gasteiger charge is 2.31. The van der Waals surface area contributed by atoms with Crippen molar-refractivity contribution in [3.05, 3.63) is 45.8 Å². The minimum absolute atomic E-state index is 0.0494. The summed E-state index contributed by atoms with van der Waals surface area (Å²) < 4.78 is 8.58. The second-order valence-electron chi connectivity index (χ2n) is 7.01. The molecule has 1 amide bonds. The molecule has 10 heteroatoms. The van der Waals surface area contributed by atoms with E-state index < -0.39 is 0 Å². The first-order valence-corrected chi connectivity index (χ1v) is 10.7. The molecule has 0 saturated carbocycles. The summed E-state index contributed by atoms with van der Waals surface area (Å²) >= 11 is 7.59. The van der Waals surface area contributed by atoms with Gasteiger partial charge in [-0.25, -0.2) is 9.67 Å². The van der Waals surface area contributed by atoms with Crippen molar-refractivity contribution in [2.75, 3.05) is 32.1 Å². The van der Waals surface area contributed by atoms with Crippen molar-refractivity contribution in [3.63, 3.8) is 0 Å². The summed E-state index contributed by atoms with van der Waals surface area (Å²) in [5.74, 6) is 0.698. The van der Waals surface area contributed by atoms with Crippen LogP contribution in [0, 0.1) is 0 Å². The molecule has 0 radical (unpaired) electrons. The van der Waals surface area contributed by atoms with Crippen LogP contribution in [-0.4, -0.2) is 62.2 Å². The molecule has 0 aliphatic carbocycles. The van der Waals surface area contributed by atoms with Gasteiger partial charge in [-0.3, -0.25) is 14.2 Å². The van der Waals surface area contributed by atoms with Crippen LogP contribution >= 0.6 is 23.4 Å². The summed E-state index contributed by atoms with van der Waals surface area (Å²) in [7, 11) is 0. The Balaban J connectivity index is 1.49. The highest BCUT2D eigenvalue weighted by molar-refractivity contribution is 7.99. The van der Waals surface area contributed by atoms with Crippen LogP contribution in [0.3, 0.4) is 0 Å². The molecule has 1 fully saturated rings. The molecule has 1 atom stereocenters. The molecule has 2 aliphatic rings. The van der Waals surface area contributed by atoms with E-state index in [0.717, 1.165) is 5.69 Å². The molecule has 1 saturated heterocycles. The van der Waals surface area contributed by atoms with Crippen LogP contribution in [0.1, 0.15) is 12.5 Å². The van der Waals surface area contributed by atoms with Gasteiger partial charge in [-0.15, -0.1) is 0 Å². The summed E-state index contributed by atoms with van der Waals surface area (Å²) in [6.07, 6.45) is 1.82. The predicted molar refractivity (Wildman–Crippen MR) is 110 cm³/mol. The lowest BCUT2D eigenvalue weighted by Gasteiger charge is -2.28. The Kier molecular flexibility index (Phi) is 4.81. The molecule has 0 unspecified atom stereocenters. The Bertz CT molecular complexity index is 1150. The first kappa shape index (κ1) is 18.7. The molecule has 1 aromatic carbocycles. The van der Waals surface area contributed by atoms with Gasteiger partial charge in [0.2, 0.25) is 5.91 Å². The van der Waals surface area contributed by atoms with Crippen molar-refractivity contribution in [1.29, 1.82) is 0 Å². The quantitative estimate of drug-likeness (QED) is 0.591. The second-order valence-corrected chi connectivity index (χ2v) is 8.43. The number of carbonyl (C=O) groups excluding carboxylic acids is 1. The van der Waals surface area contributed by atoms with E-state index >= 15 is 0 Å². The van der Waals surface area contributed by atoms with Crippen LogP contribution in [-0.2, 0) is 9.53 Å². The van der Waals surface area contributed by atoms with Gasteiger partial charge in [0.05, 0.1) is 31.1 Å². The fourth-order valence-electron chi connectivity index (χ4n) is 3.72. The fraction of sp³-hybridized carbons (Fsp3) is 0.368. The fourth-order valence-corrected chi connectivity index (χ4v) is 5.04. The van der Waals surface area contributed by atoms with Gasteiger partial charge in [-0.05, 0) is 18.2 Å². The van der Waals surface area contributed by atoms with E-state index in [9.17, 15) is 9.59 Å². The third-order valence-corrected chi connectivity index (χ3v) is 6.53. The van der Waals surface area contributed by atoms with Gasteiger partial charge in [0.15, 0.2) is 10.8 Å². The number of hydrogen-bond donors (Lipinski definition) is 0. The highest BCUT2D eigenvalue weighted by atomic mass is 35.5. The summed E-state index contributed by atoms with van der Waals surface area (Å²) in [4.78, 5) is 32.3. The first-order chi connectivity index (χ1) is 14.1. The van der Waals surface area contributed by atoms with E-state index in [2.05, 4.69) is 5.10 Å². The second kappa shape index (κ2) is 7.47. The number of ether oxygens (including phenoxy) is 1. The summed E-state index contributed by atoms with van der Waals surface area (Å²) in [5.41, 5.74) is 1.07. The maximum Gasteiger partial charge on any atom is 0.265 e. The zero-order valence-electron chi connectivity index (χ0n) is 15.5. The van der Waals surface area contributed by atoms with Gasteiger partial charge in [0.1, 0.15) is 5.39 Å². The molecule has 2 aromatic heterocycles. The van der Waals surface area contributed by atoms with Gasteiger partial charge >= 0.3 is 0 Å². The van der Waals surface area contributed by atoms with Crippen molar-refractivity contribution < 1.29 is 9.53 Å². The van der Waals surface area contributed by atoms with E-state index in [1.54, 1.807) is 26.3 Å². The summed E-state index contributed by atoms with van der Waals surface area (Å²) in [5, 5.41) is 5.98. The smallest absolute Gasteiger partial charge is 0.265 e. The highest BCUT2D eigenvalue weighted by Crippen LogP contribution is 2.34. The van der Waals surface area contributed by atoms with Crippen LogP contribution in [0.4, 0.5) is 0 Å². The Morgan fingerprint density at radius 2 is 2.14 bits per heavy atom. The molecule has 29 heavy (non-hydrogen) atoms. The van der Waals surface area contributed by atoms with Crippen molar-refractivity contribution in [1.82, 2.24) is 24.2 Å². The van der Waals surface area contributed by atoms with Gasteiger partial charge in [-0.2, -0.15) is 5.10 Å². The summed E-state index contributed by atoms with van der Waals surface area (Å²) in [6.45, 7) is 2.33. The molecular formula is C19H18ClN5O3S. The average molecular weight is 432 g/mol. The molecule has 8 nitrogen and oxygen atoms in total. The van der Waals surface area contributed by atoms with E-state index in [1.165, 1.54) is 18.0 Å². The van der Waals surface area contributed by atoms with Crippen molar-refractivity contribution in [2.24, 2.45) is 0 Å². The molecule has 0 spiro atoms. The lowest BCUT2D eigenvalue weighted by atomic mass is 10.2. The Morgan fingerprint density at radius 3 is 2.93 bits per heavy atom. The molecule has 2 aliphatic heterocycles. The van der Waals surface area contributed by atoms with Gasteiger partial charge in [0.25, 0.3) is 5.56 Å². The minimum Gasteiger partial charge on any atom is -0.378 e. The number of amides is 1. The number of halogens is 1. The minimum atomic E-state index is -0.204. The Morgan fingerprint density at radius 1 is 1.31 bits per heavy atom. The van der Waals surface area contributed by atoms with Gasteiger partial charge in [0, 0.05) is 30.3 Å². The third kappa shape index (κ3) is 3.33. The maximum atomic E-state index is 13.2. The number of thioether (sulfide) groups is 1. The molecule has 4 heterocycles. The average Bonchev–Trinajstić information content (AvgIpc) is 3.34. The molecule has 0 N–H and O–H groups in total. The lowest BCUT2D eigenvalue weighted by Crippen LogP contribution is -2.42. The zero-order valence-corrected chi connectivity index (χ0v) is 17.0. The number of carbonyl (C=O) groups is 1. The largest absolute Gasteiger partial charge is 0.378 e. The molecule has 5 rings (SSSR count). The molecule has 3 aromatic rings. The maximum absolute atomic E-state index is 13.2. The van der Waals surface area contributed by atoms with Crippen LogP contribution in [0.15, 0.2) is 40.4 Å². The summed E-state index contributed by atoms with van der Waals surface area (Å²) in [6, 6.07) is 7.04.